The maximum atomic E-state index is 11.7. The molecule has 0 spiro atoms. The molecule has 0 radical (unpaired) electrons. The SMILES string of the molecule is C=C(C)c1ccc(CNNCCF)cc1. The molecule has 0 aliphatic carbocycles. The highest BCUT2D eigenvalue weighted by Gasteiger charge is 1.94. The molecule has 0 amide bonds. The van der Waals surface area contributed by atoms with Gasteiger partial charge in [0.1, 0.15) is 6.67 Å². The molecule has 1 rings (SSSR count). The van der Waals surface area contributed by atoms with Crippen molar-refractivity contribution in [3.05, 3.63) is 42.0 Å². The van der Waals surface area contributed by atoms with Crippen molar-refractivity contribution in [3.63, 3.8) is 0 Å². The number of hydrogen-bond acceptors (Lipinski definition) is 2. The second-order valence-corrected chi connectivity index (χ2v) is 3.45. The summed E-state index contributed by atoms with van der Waals surface area (Å²) in [6.45, 7) is 6.52. The molecule has 0 heterocycles. The summed E-state index contributed by atoms with van der Waals surface area (Å²) in [7, 11) is 0. The lowest BCUT2D eigenvalue weighted by Crippen LogP contribution is -2.32. The third-order valence-corrected chi connectivity index (χ3v) is 2.08. The number of hydrogen-bond donors (Lipinski definition) is 2. The predicted octanol–water partition coefficient (Wildman–Crippen LogP) is 2.28. The zero-order valence-electron chi connectivity index (χ0n) is 9.02. The molecule has 0 aromatic heterocycles. The van der Waals surface area contributed by atoms with Gasteiger partial charge in [-0.25, -0.2) is 4.39 Å². The van der Waals surface area contributed by atoms with E-state index in [4.69, 9.17) is 0 Å². The van der Waals surface area contributed by atoms with Gasteiger partial charge < -0.3 is 0 Å². The van der Waals surface area contributed by atoms with Crippen molar-refractivity contribution in [2.45, 2.75) is 13.5 Å². The van der Waals surface area contributed by atoms with Crippen LogP contribution in [0.15, 0.2) is 30.8 Å². The molecule has 1 aromatic rings. The molecule has 1 aromatic carbocycles. The van der Waals surface area contributed by atoms with E-state index >= 15 is 0 Å². The lowest BCUT2D eigenvalue weighted by Gasteiger charge is -2.06. The average molecular weight is 208 g/mol. The van der Waals surface area contributed by atoms with Crippen molar-refractivity contribution in [2.75, 3.05) is 13.2 Å². The van der Waals surface area contributed by atoms with Crippen molar-refractivity contribution in [2.24, 2.45) is 0 Å². The van der Waals surface area contributed by atoms with Gasteiger partial charge >= 0.3 is 0 Å². The molecule has 0 aliphatic heterocycles. The smallest absolute Gasteiger partial charge is 0.103 e. The molecule has 82 valence electrons. The standard InChI is InChI=1S/C12H17FN2/c1-10(2)12-5-3-11(4-6-12)9-15-14-8-7-13/h3-6,14-15H,1,7-9H2,2H3. The molecule has 0 bridgehead atoms. The van der Waals surface area contributed by atoms with Crippen LogP contribution in [-0.2, 0) is 6.54 Å². The monoisotopic (exact) mass is 208 g/mol. The quantitative estimate of drug-likeness (QED) is 0.553. The van der Waals surface area contributed by atoms with Gasteiger partial charge in [-0.15, -0.1) is 0 Å². The molecular formula is C12H17FN2. The summed E-state index contributed by atoms with van der Waals surface area (Å²) in [5, 5.41) is 0. The normalized spacial score (nSPS) is 10.3. The summed E-state index contributed by atoms with van der Waals surface area (Å²) in [4.78, 5) is 0. The topological polar surface area (TPSA) is 24.1 Å². The van der Waals surface area contributed by atoms with E-state index in [2.05, 4.69) is 17.4 Å². The fraction of sp³-hybridized carbons (Fsp3) is 0.333. The summed E-state index contributed by atoms with van der Waals surface area (Å²) in [5.41, 5.74) is 9.08. The molecule has 0 atom stereocenters. The highest BCUT2D eigenvalue weighted by atomic mass is 19.1. The lowest BCUT2D eigenvalue weighted by molar-refractivity contribution is 0.430. The summed E-state index contributed by atoms with van der Waals surface area (Å²) in [6.07, 6.45) is 0. The van der Waals surface area contributed by atoms with Gasteiger partial charge in [0.05, 0.1) is 0 Å². The van der Waals surface area contributed by atoms with Crippen LogP contribution in [0.1, 0.15) is 18.1 Å². The highest BCUT2D eigenvalue weighted by molar-refractivity contribution is 5.61. The third-order valence-electron chi connectivity index (χ3n) is 2.08. The van der Waals surface area contributed by atoms with Gasteiger partial charge in [0.2, 0.25) is 0 Å². The van der Waals surface area contributed by atoms with Gasteiger partial charge in [-0.2, -0.15) is 0 Å². The minimum atomic E-state index is -0.360. The predicted molar refractivity (Wildman–Crippen MR) is 62.0 cm³/mol. The van der Waals surface area contributed by atoms with Crippen molar-refractivity contribution >= 4 is 5.57 Å². The number of allylic oxidation sites excluding steroid dienone is 1. The van der Waals surface area contributed by atoms with E-state index in [1.807, 2.05) is 31.2 Å². The highest BCUT2D eigenvalue weighted by Crippen LogP contribution is 2.11. The summed E-state index contributed by atoms with van der Waals surface area (Å²) in [5.74, 6) is 0. The Morgan fingerprint density at radius 2 is 1.93 bits per heavy atom. The molecule has 0 saturated heterocycles. The van der Waals surface area contributed by atoms with Crippen LogP contribution in [-0.4, -0.2) is 13.2 Å². The van der Waals surface area contributed by atoms with E-state index < -0.39 is 0 Å². The van der Waals surface area contributed by atoms with Crippen molar-refractivity contribution in [3.8, 4) is 0 Å². The molecule has 3 heteroatoms. The van der Waals surface area contributed by atoms with Crippen LogP contribution in [0.25, 0.3) is 5.57 Å². The number of rotatable bonds is 6. The van der Waals surface area contributed by atoms with Crippen molar-refractivity contribution in [1.82, 2.24) is 10.9 Å². The first-order valence-corrected chi connectivity index (χ1v) is 5.00. The average Bonchev–Trinajstić information content (AvgIpc) is 2.25. The van der Waals surface area contributed by atoms with E-state index in [-0.39, 0.29) is 6.67 Å². The fourth-order valence-electron chi connectivity index (χ4n) is 1.21. The molecule has 15 heavy (non-hydrogen) atoms. The molecule has 0 fully saturated rings. The second-order valence-electron chi connectivity index (χ2n) is 3.45. The summed E-state index contributed by atoms with van der Waals surface area (Å²) < 4.78 is 11.7. The maximum Gasteiger partial charge on any atom is 0.103 e. The van der Waals surface area contributed by atoms with Gasteiger partial charge in [0, 0.05) is 13.1 Å². The van der Waals surface area contributed by atoms with Gasteiger partial charge in [-0.3, -0.25) is 10.9 Å². The zero-order valence-corrected chi connectivity index (χ0v) is 9.02. The molecule has 0 saturated carbocycles. The Bertz CT molecular complexity index is 306. The third kappa shape index (κ3) is 4.23. The number of hydrazine groups is 1. The van der Waals surface area contributed by atoms with Crippen LogP contribution in [0.3, 0.4) is 0 Å². The van der Waals surface area contributed by atoms with Crippen LogP contribution in [0.2, 0.25) is 0 Å². The van der Waals surface area contributed by atoms with E-state index in [0.717, 1.165) is 16.7 Å². The van der Waals surface area contributed by atoms with Crippen LogP contribution in [0.5, 0.6) is 0 Å². The van der Waals surface area contributed by atoms with Crippen LogP contribution in [0.4, 0.5) is 4.39 Å². The van der Waals surface area contributed by atoms with E-state index in [9.17, 15) is 4.39 Å². The number of alkyl halides is 1. The second kappa shape index (κ2) is 6.32. The Balaban J connectivity index is 2.39. The Hall–Kier alpha value is -1.19. The van der Waals surface area contributed by atoms with Gasteiger partial charge in [-0.05, 0) is 18.1 Å². The zero-order chi connectivity index (χ0) is 11.1. The first kappa shape index (κ1) is 11.9. The summed E-state index contributed by atoms with van der Waals surface area (Å²) in [6, 6.07) is 8.14. The van der Waals surface area contributed by atoms with Crippen LogP contribution in [0, 0.1) is 0 Å². The molecular weight excluding hydrogens is 191 g/mol. The van der Waals surface area contributed by atoms with E-state index in [1.54, 1.807) is 0 Å². The fourth-order valence-corrected chi connectivity index (χ4v) is 1.21. The van der Waals surface area contributed by atoms with E-state index in [0.29, 0.717) is 13.1 Å². The van der Waals surface area contributed by atoms with Crippen molar-refractivity contribution < 1.29 is 4.39 Å². The Morgan fingerprint density at radius 1 is 1.27 bits per heavy atom. The first-order valence-electron chi connectivity index (χ1n) is 5.00. The molecule has 2 N–H and O–H groups in total. The summed E-state index contributed by atoms with van der Waals surface area (Å²) >= 11 is 0. The minimum absolute atomic E-state index is 0.337. The Kier molecular flexibility index (Phi) is 5.01. The molecule has 0 unspecified atom stereocenters. The number of benzene rings is 1. The van der Waals surface area contributed by atoms with Gasteiger partial charge in [-0.1, -0.05) is 36.4 Å². The molecule has 2 nitrogen and oxygen atoms in total. The minimum Gasteiger partial charge on any atom is -0.255 e. The number of halogens is 1. The first-order chi connectivity index (χ1) is 7.24. The Morgan fingerprint density at radius 3 is 2.47 bits per heavy atom. The largest absolute Gasteiger partial charge is 0.255 e. The molecule has 0 aliphatic rings. The van der Waals surface area contributed by atoms with E-state index in [1.165, 1.54) is 0 Å². The lowest BCUT2D eigenvalue weighted by atomic mass is 10.1. The van der Waals surface area contributed by atoms with Gasteiger partial charge in [0.15, 0.2) is 0 Å². The Labute approximate surface area is 90.2 Å². The van der Waals surface area contributed by atoms with Gasteiger partial charge in [0.25, 0.3) is 0 Å². The maximum absolute atomic E-state index is 11.7. The van der Waals surface area contributed by atoms with Crippen LogP contribution < -0.4 is 10.9 Å². The van der Waals surface area contributed by atoms with Crippen molar-refractivity contribution in [1.29, 1.82) is 0 Å². The van der Waals surface area contributed by atoms with Crippen LogP contribution >= 0.6 is 0 Å². The number of nitrogens with one attached hydrogen (secondary N) is 2.